The van der Waals surface area contributed by atoms with Crippen LogP contribution in [0.4, 0.5) is 0 Å². The van der Waals surface area contributed by atoms with Crippen LogP contribution in [-0.4, -0.2) is 25.2 Å². The highest BCUT2D eigenvalue weighted by Crippen LogP contribution is 2.37. The molecule has 1 rings (SSSR count). The summed E-state index contributed by atoms with van der Waals surface area (Å²) < 4.78 is 5.34. The molecule has 0 radical (unpaired) electrons. The van der Waals surface area contributed by atoms with Gasteiger partial charge in [0.05, 0.1) is 12.0 Å². The highest BCUT2D eigenvalue weighted by atomic mass is 16.5. The Kier molecular flexibility index (Phi) is 3.48. The van der Waals surface area contributed by atoms with Gasteiger partial charge in [-0.15, -0.1) is 6.58 Å². The van der Waals surface area contributed by atoms with Gasteiger partial charge in [0.25, 0.3) is 0 Å². The number of rotatable bonds is 5. The fourth-order valence-electron chi connectivity index (χ4n) is 1.57. The molecule has 1 aliphatic carbocycles. The maximum atomic E-state index is 11.3. The van der Waals surface area contributed by atoms with Crippen LogP contribution in [0.2, 0.25) is 0 Å². The molecule has 0 unspecified atom stereocenters. The maximum Gasteiger partial charge on any atom is 0.223 e. The number of carbonyl (C=O) groups is 1. The van der Waals surface area contributed by atoms with Gasteiger partial charge in [-0.05, 0) is 19.3 Å². The van der Waals surface area contributed by atoms with E-state index in [1.54, 1.807) is 13.2 Å². The average Bonchev–Trinajstić information content (AvgIpc) is 2.08. The predicted molar refractivity (Wildman–Crippen MR) is 51.4 cm³/mol. The van der Waals surface area contributed by atoms with E-state index in [1.165, 1.54) is 6.42 Å². The summed E-state index contributed by atoms with van der Waals surface area (Å²) in [4.78, 5) is 11.3. The summed E-state index contributed by atoms with van der Waals surface area (Å²) in [6.07, 6.45) is 5.34. The van der Waals surface area contributed by atoms with Gasteiger partial charge in [0.2, 0.25) is 5.91 Å². The van der Waals surface area contributed by atoms with Crippen LogP contribution in [0.1, 0.15) is 25.7 Å². The molecule has 1 fully saturated rings. The first-order valence-electron chi connectivity index (χ1n) is 4.65. The number of hydrogen-bond acceptors (Lipinski definition) is 2. The predicted octanol–water partition coefficient (Wildman–Crippen LogP) is 1.25. The normalized spacial score (nSPS) is 18.8. The summed E-state index contributed by atoms with van der Waals surface area (Å²) in [5, 5.41) is 2.75. The van der Waals surface area contributed by atoms with E-state index in [1.807, 2.05) is 0 Å². The van der Waals surface area contributed by atoms with Crippen molar-refractivity contribution in [2.45, 2.75) is 31.3 Å². The lowest BCUT2D eigenvalue weighted by molar-refractivity contribution is -0.134. The number of hydrogen-bond donors (Lipinski definition) is 1. The summed E-state index contributed by atoms with van der Waals surface area (Å²) in [5.74, 6) is 0.0569. The molecule has 1 N–H and O–H groups in total. The summed E-state index contributed by atoms with van der Waals surface area (Å²) in [6.45, 7) is 4.08. The van der Waals surface area contributed by atoms with Crippen LogP contribution in [0.5, 0.6) is 0 Å². The van der Waals surface area contributed by atoms with E-state index in [4.69, 9.17) is 4.74 Å². The standard InChI is InChI=1S/C10H17NO2/c1-3-7-11-9(12)8-10(13-2)5-4-6-10/h3H,1,4-8H2,2H3,(H,11,12). The number of methoxy groups -OCH3 is 1. The zero-order chi connectivity index (χ0) is 9.73. The quantitative estimate of drug-likeness (QED) is 0.651. The molecule has 1 amide bonds. The van der Waals surface area contributed by atoms with Crippen molar-refractivity contribution < 1.29 is 9.53 Å². The van der Waals surface area contributed by atoms with Gasteiger partial charge >= 0.3 is 0 Å². The van der Waals surface area contributed by atoms with Gasteiger partial charge < -0.3 is 10.1 Å². The van der Waals surface area contributed by atoms with Crippen molar-refractivity contribution in [3.05, 3.63) is 12.7 Å². The molecule has 0 aromatic rings. The molecule has 13 heavy (non-hydrogen) atoms. The van der Waals surface area contributed by atoms with Crippen molar-refractivity contribution in [3.63, 3.8) is 0 Å². The third-order valence-corrected chi connectivity index (χ3v) is 2.62. The number of nitrogens with one attached hydrogen (secondary N) is 1. The van der Waals surface area contributed by atoms with Gasteiger partial charge in [0.1, 0.15) is 0 Å². The van der Waals surface area contributed by atoms with E-state index >= 15 is 0 Å². The van der Waals surface area contributed by atoms with Crippen LogP contribution in [0.15, 0.2) is 12.7 Å². The minimum Gasteiger partial charge on any atom is -0.378 e. The molecular weight excluding hydrogens is 166 g/mol. The Labute approximate surface area is 79.2 Å². The Morgan fingerprint density at radius 2 is 2.38 bits per heavy atom. The van der Waals surface area contributed by atoms with Crippen LogP contribution in [0.3, 0.4) is 0 Å². The summed E-state index contributed by atoms with van der Waals surface area (Å²) in [5.41, 5.74) is -0.161. The molecule has 0 atom stereocenters. The molecule has 0 aromatic carbocycles. The largest absolute Gasteiger partial charge is 0.378 e. The molecule has 0 aliphatic heterocycles. The highest BCUT2D eigenvalue weighted by molar-refractivity contribution is 5.77. The second-order valence-electron chi connectivity index (χ2n) is 3.51. The smallest absolute Gasteiger partial charge is 0.223 e. The second kappa shape index (κ2) is 4.42. The first-order valence-corrected chi connectivity index (χ1v) is 4.65. The monoisotopic (exact) mass is 183 g/mol. The zero-order valence-electron chi connectivity index (χ0n) is 8.14. The second-order valence-corrected chi connectivity index (χ2v) is 3.51. The lowest BCUT2D eigenvalue weighted by Gasteiger charge is -2.39. The molecule has 0 bridgehead atoms. The molecule has 0 heterocycles. The Balaban J connectivity index is 2.29. The Morgan fingerprint density at radius 3 is 2.77 bits per heavy atom. The third kappa shape index (κ3) is 2.56. The number of carbonyl (C=O) groups excluding carboxylic acids is 1. The first kappa shape index (κ1) is 10.3. The van der Waals surface area contributed by atoms with Crippen LogP contribution in [-0.2, 0) is 9.53 Å². The maximum absolute atomic E-state index is 11.3. The molecule has 1 aliphatic rings. The van der Waals surface area contributed by atoms with Gasteiger partial charge in [0, 0.05) is 13.7 Å². The molecule has 0 saturated heterocycles. The SMILES string of the molecule is C=CCNC(=O)CC1(OC)CCC1. The van der Waals surface area contributed by atoms with Crippen LogP contribution in [0, 0.1) is 0 Å². The Hall–Kier alpha value is -0.830. The highest BCUT2D eigenvalue weighted by Gasteiger charge is 2.38. The van der Waals surface area contributed by atoms with E-state index in [9.17, 15) is 4.79 Å². The first-order chi connectivity index (χ1) is 6.22. The van der Waals surface area contributed by atoms with Crippen molar-refractivity contribution in [2.75, 3.05) is 13.7 Å². The molecule has 74 valence electrons. The van der Waals surface area contributed by atoms with E-state index in [0.717, 1.165) is 12.8 Å². The minimum atomic E-state index is -0.161. The lowest BCUT2D eigenvalue weighted by atomic mass is 9.77. The fraction of sp³-hybridized carbons (Fsp3) is 0.700. The van der Waals surface area contributed by atoms with Crippen LogP contribution >= 0.6 is 0 Å². The van der Waals surface area contributed by atoms with Gasteiger partial charge in [-0.2, -0.15) is 0 Å². The van der Waals surface area contributed by atoms with Crippen molar-refractivity contribution in [3.8, 4) is 0 Å². The topological polar surface area (TPSA) is 38.3 Å². The molecule has 1 saturated carbocycles. The van der Waals surface area contributed by atoms with E-state index in [2.05, 4.69) is 11.9 Å². The lowest BCUT2D eigenvalue weighted by Crippen LogP contribution is -2.43. The van der Waals surface area contributed by atoms with E-state index in [-0.39, 0.29) is 11.5 Å². The van der Waals surface area contributed by atoms with Gasteiger partial charge in [-0.3, -0.25) is 4.79 Å². The molecular formula is C10H17NO2. The summed E-state index contributed by atoms with van der Waals surface area (Å²) >= 11 is 0. The fourth-order valence-corrected chi connectivity index (χ4v) is 1.57. The Morgan fingerprint density at radius 1 is 1.69 bits per heavy atom. The van der Waals surface area contributed by atoms with Gasteiger partial charge in [0.15, 0.2) is 0 Å². The van der Waals surface area contributed by atoms with Crippen molar-refractivity contribution in [1.82, 2.24) is 5.32 Å². The summed E-state index contributed by atoms with van der Waals surface area (Å²) in [6, 6.07) is 0. The van der Waals surface area contributed by atoms with Crippen molar-refractivity contribution in [2.24, 2.45) is 0 Å². The van der Waals surface area contributed by atoms with E-state index < -0.39 is 0 Å². The number of ether oxygens (including phenoxy) is 1. The van der Waals surface area contributed by atoms with Crippen LogP contribution < -0.4 is 5.32 Å². The summed E-state index contributed by atoms with van der Waals surface area (Å²) in [7, 11) is 1.68. The Bertz CT molecular complexity index is 192. The third-order valence-electron chi connectivity index (χ3n) is 2.62. The molecule has 0 spiro atoms. The molecule has 3 heteroatoms. The minimum absolute atomic E-state index is 0.0569. The molecule has 0 aromatic heterocycles. The molecule has 3 nitrogen and oxygen atoms in total. The number of amides is 1. The van der Waals surface area contributed by atoms with Crippen molar-refractivity contribution >= 4 is 5.91 Å². The zero-order valence-corrected chi connectivity index (χ0v) is 8.14. The van der Waals surface area contributed by atoms with Crippen LogP contribution in [0.25, 0.3) is 0 Å². The van der Waals surface area contributed by atoms with E-state index in [0.29, 0.717) is 13.0 Å². The average molecular weight is 183 g/mol. The van der Waals surface area contributed by atoms with Gasteiger partial charge in [-0.25, -0.2) is 0 Å². The van der Waals surface area contributed by atoms with Crippen molar-refractivity contribution in [1.29, 1.82) is 0 Å². The van der Waals surface area contributed by atoms with Gasteiger partial charge in [-0.1, -0.05) is 6.08 Å².